The van der Waals surface area contributed by atoms with Crippen LogP contribution in [0.2, 0.25) is 0 Å². The quantitative estimate of drug-likeness (QED) is 0.748. The zero-order chi connectivity index (χ0) is 13.4. The van der Waals surface area contributed by atoms with Crippen molar-refractivity contribution in [2.75, 3.05) is 6.54 Å². The third-order valence-corrected chi connectivity index (χ3v) is 2.98. The van der Waals surface area contributed by atoms with Crippen LogP contribution in [-0.4, -0.2) is 6.54 Å². The summed E-state index contributed by atoms with van der Waals surface area (Å²) in [4.78, 5) is 0. The fraction of sp³-hybridized carbons (Fsp3) is 0.533. The van der Waals surface area contributed by atoms with Crippen LogP contribution in [0.3, 0.4) is 0 Å². The van der Waals surface area contributed by atoms with E-state index < -0.39 is 0 Å². The van der Waals surface area contributed by atoms with Gasteiger partial charge in [-0.15, -0.1) is 0 Å². The van der Waals surface area contributed by atoms with Crippen molar-refractivity contribution < 1.29 is 4.39 Å². The molecule has 18 heavy (non-hydrogen) atoms. The molecule has 2 nitrogen and oxygen atoms in total. The second-order valence-corrected chi connectivity index (χ2v) is 5.22. The van der Waals surface area contributed by atoms with Gasteiger partial charge < -0.3 is 5.32 Å². The first-order chi connectivity index (χ1) is 8.55. The minimum Gasteiger partial charge on any atom is -0.313 e. The second kappa shape index (κ2) is 7.13. The number of halogens is 1. The maximum absolute atomic E-state index is 13.3. The van der Waals surface area contributed by atoms with Gasteiger partial charge in [0.05, 0.1) is 11.5 Å². The molecule has 1 aromatic rings. The van der Waals surface area contributed by atoms with E-state index in [0.717, 1.165) is 25.8 Å². The van der Waals surface area contributed by atoms with E-state index in [1.807, 2.05) is 19.9 Å². The normalized spacial score (nSPS) is 11.2. The summed E-state index contributed by atoms with van der Waals surface area (Å²) in [7, 11) is 0. The van der Waals surface area contributed by atoms with Crippen molar-refractivity contribution in [2.45, 2.75) is 39.7 Å². The van der Waals surface area contributed by atoms with Crippen molar-refractivity contribution in [2.24, 2.45) is 5.41 Å². The van der Waals surface area contributed by atoms with Gasteiger partial charge in [-0.25, -0.2) is 4.39 Å². The van der Waals surface area contributed by atoms with Gasteiger partial charge in [-0.1, -0.05) is 24.6 Å². The monoisotopic (exact) mass is 248 g/mol. The second-order valence-electron chi connectivity index (χ2n) is 5.22. The van der Waals surface area contributed by atoms with Crippen LogP contribution in [0, 0.1) is 22.6 Å². The fourth-order valence-electron chi connectivity index (χ4n) is 1.74. The molecule has 1 rings (SSSR count). The van der Waals surface area contributed by atoms with Crippen molar-refractivity contribution in [3.63, 3.8) is 0 Å². The lowest BCUT2D eigenvalue weighted by atomic mass is 9.89. The molecule has 3 heteroatoms. The molecule has 0 saturated carbocycles. The third-order valence-electron chi connectivity index (χ3n) is 2.98. The summed E-state index contributed by atoms with van der Waals surface area (Å²) in [6, 6.07) is 9.11. The summed E-state index contributed by atoms with van der Waals surface area (Å²) in [5.74, 6) is -0.157. The maximum atomic E-state index is 13.3. The Balaban J connectivity index is 2.13. The summed E-state index contributed by atoms with van der Waals surface area (Å²) < 4.78 is 13.3. The predicted octanol–water partition coefficient (Wildman–Crippen LogP) is 3.64. The van der Waals surface area contributed by atoms with Gasteiger partial charge in [0.2, 0.25) is 0 Å². The van der Waals surface area contributed by atoms with Crippen molar-refractivity contribution in [3.8, 4) is 6.07 Å². The van der Waals surface area contributed by atoms with E-state index in [1.54, 1.807) is 12.1 Å². The van der Waals surface area contributed by atoms with Gasteiger partial charge in [-0.05, 0) is 39.3 Å². The molecular weight excluding hydrogens is 227 g/mol. The number of rotatable bonds is 7. The number of nitriles is 1. The molecule has 0 unspecified atom stereocenters. The number of unbranched alkanes of at least 4 members (excludes halogenated alkanes) is 1. The highest BCUT2D eigenvalue weighted by molar-refractivity contribution is 5.16. The lowest BCUT2D eigenvalue weighted by molar-refractivity contribution is 0.422. The lowest BCUT2D eigenvalue weighted by Crippen LogP contribution is -2.16. The van der Waals surface area contributed by atoms with E-state index >= 15 is 0 Å². The van der Waals surface area contributed by atoms with E-state index in [1.165, 1.54) is 6.07 Å². The summed E-state index contributed by atoms with van der Waals surface area (Å²) in [6.07, 6.45) is 2.94. The van der Waals surface area contributed by atoms with Gasteiger partial charge in [0.15, 0.2) is 0 Å². The zero-order valence-corrected chi connectivity index (χ0v) is 11.2. The molecule has 0 heterocycles. The highest BCUT2D eigenvalue weighted by Gasteiger charge is 2.15. The Bertz CT molecular complexity index is 407. The van der Waals surface area contributed by atoms with Crippen molar-refractivity contribution in [3.05, 3.63) is 35.6 Å². The first kappa shape index (κ1) is 14.7. The highest BCUT2D eigenvalue weighted by atomic mass is 19.1. The van der Waals surface area contributed by atoms with Crippen molar-refractivity contribution in [1.29, 1.82) is 5.26 Å². The smallest absolute Gasteiger partial charge is 0.127 e. The van der Waals surface area contributed by atoms with E-state index in [9.17, 15) is 4.39 Å². The maximum Gasteiger partial charge on any atom is 0.127 e. The van der Waals surface area contributed by atoms with Crippen molar-refractivity contribution in [1.82, 2.24) is 5.32 Å². The molecule has 1 aromatic carbocycles. The largest absolute Gasteiger partial charge is 0.313 e. The van der Waals surface area contributed by atoms with E-state index in [0.29, 0.717) is 12.1 Å². The first-order valence-corrected chi connectivity index (χ1v) is 6.40. The highest BCUT2D eigenvalue weighted by Crippen LogP contribution is 2.21. The lowest BCUT2D eigenvalue weighted by Gasteiger charge is -2.14. The minimum absolute atomic E-state index is 0.157. The molecule has 0 radical (unpaired) electrons. The predicted molar refractivity (Wildman–Crippen MR) is 71.4 cm³/mol. The van der Waals surface area contributed by atoms with Gasteiger partial charge in [0.1, 0.15) is 5.82 Å². The van der Waals surface area contributed by atoms with Crippen LogP contribution in [0.1, 0.15) is 38.7 Å². The molecule has 0 bridgehead atoms. The molecular formula is C15H21FN2. The number of hydrogen-bond acceptors (Lipinski definition) is 2. The zero-order valence-electron chi connectivity index (χ0n) is 11.2. The van der Waals surface area contributed by atoms with Crippen LogP contribution in [0.15, 0.2) is 24.3 Å². The van der Waals surface area contributed by atoms with Gasteiger partial charge in [0.25, 0.3) is 0 Å². The molecule has 98 valence electrons. The van der Waals surface area contributed by atoms with Gasteiger partial charge in [-0.3, -0.25) is 0 Å². The Morgan fingerprint density at radius 3 is 2.67 bits per heavy atom. The number of benzene rings is 1. The molecule has 0 saturated heterocycles. The molecule has 0 amide bonds. The standard InChI is InChI=1S/C15H21FN2/c1-15(2,12-17)9-5-6-10-18-11-13-7-3-4-8-14(13)16/h3-4,7-8,18H,5-6,9-11H2,1-2H3. The summed E-state index contributed by atoms with van der Waals surface area (Å²) >= 11 is 0. The van der Waals surface area contributed by atoms with Crippen molar-refractivity contribution >= 4 is 0 Å². The fourth-order valence-corrected chi connectivity index (χ4v) is 1.74. The third kappa shape index (κ3) is 5.29. The Morgan fingerprint density at radius 1 is 1.28 bits per heavy atom. The van der Waals surface area contributed by atoms with Crippen LogP contribution >= 0.6 is 0 Å². The average molecular weight is 248 g/mol. The van der Waals surface area contributed by atoms with Crippen LogP contribution in [-0.2, 0) is 6.54 Å². The Hall–Kier alpha value is -1.40. The van der Waals surface area contributed by atoms with Gasteiger partial charge in [0, 0.05) is 12.1 Å². The molecule has 0 aliphatic rings. The minimum atomic E-state index is -0.231. The van der Waals surface area contributed by atoms with E-state index in [-0.39, 0.29) is 11.2 Å². The topological polar surface area (TPSA) is 35.8 Å². The summed E-state index contributed by atoms with van der Waals surface area (Å²) in [5.41, 5.74) is 0.473. The Morgan fingerprint density at radius 2 is 2.00 bits per heavy atom. The molecule has 0 aliphatic carbocycles. The molecule has 0 aromatic heterocycles. The molecule has 0 spiro atoms. The number of nitrogens with zero attached hydrogens (tertiary/aromatic N) is 1. The van der Waals surface area contributed by atoms with Gasteiger partial charge >= 0.3 is 0 Å². The van der Waals surface area contributed by atoms with Crippen LogP contribution in [0.4, 0.5) is 4.39 Å². The SMILES string of the molecule is CC(C)(C#N)CCCCNCc1ccccc1F. The molecule has 1 N–H and O–H groups in total. The van der Waals surface area contributed by atoms with E-state index in [4.69, 9.17) is 5.26 Å². The summed E-state index contributed by atoms with van der Waals surface area (Å²) in [6.45, 7) is 5.34. The van der Waals surface area contributed by atoms with E-state index in [2.05, 4.69) is 11.4 Å². The Labute approximate surface area is 109 Å². The molecule has 0 atom stereocenters. The average Bonchev–Trinajstić information content (AvgIpc) is 2.35. The van der Waals surface area contributed by atoms with Gasteiger partial charge in [-0.2, -0.15) is 5.26 Å². The molecule has 0 fully saturated rings. The van der Waals surface area contributed by atoms with Crippen LogP contribution in [0.5, 0.6) is 0 Å². The first-order valence-electron chi connectivity index (χ1n) is 6.40. The molecule has 0 aliphatic heterocycles. The summed E-state index contributed by atoms with van der Waals surface area (Å²) in [5, 5.41) is 12.1. The van der Waals surface area contributed by atoms with Crippen LogP contribution in [0.25, 0.3) is 0 Å². The number of hydrogen-bond donors (Lipinski definition) is 1. The van der Waals surface area contributed by atoms with Crippen LogP contribution < -0.4 is 5.32 Å². The number of nitrogens with one attached hydrogen (secondary N) is 1. The Kier molecular flexibility index (Phi) is 5.80.